The minimum absolute atomic E-state index is 0.00907. The molecule has 0 saturated heterocycles. The molecule has 30 heavy (non-hydrogen) atoms. The molecule has 1 aliphatic carbocycles. The molecule has 4 rings (SSSR count). The number of aryl methyl sites for hydroxylation is 2. The summed E-state index contributed by atoms with van der Waals surface area (Å²) in [6.07, 6.45) is 3.09. The Morgan fingerprint density at radius 3 is 2.47 bits per heavy atom. The van der Waals surface area contributed by atoms with Crippen LogP contribution in [-0.4, -0.2) is 17.4 Å². The largest absolute Gasteiger partial charge is 0.330 e. The molecule has 0 heterocycles. The minimum atomic E-state index is 0.00907. The van der Waals surface area contributed by atoms with Gasteiger partial charge in [-0.15, -0.1) is 0 Å². The minimum Gasteiger partial charge on any atom is -0.330 e. The molecule has 3 nitrogen and oxygen atoms in total. The third-order valence-electron chi connectivity index (χ3n) is 6.21. The first-order chi connectivity index (χ1) is 14.7. The van der Waals surface area contributed by atoms with Gasteiger partial charge in [-0.3, -0.25) is 4.79 Å². The number of carbonyl (C=O) groups excluding carboxylic acids is 1. The van der Waals surface area contributed by atoms with Crippen molar-refractivity contribution in [1.29, 1.82) is 0 Å². The lowest BCUT2D eigenvalue weighted by Crippen LogP contribution is -2.43. The molecule has 0 aromatic heterocycles. The third kappa shape index (κ3) is 4.47. The first-order valence-electron chi connectivity index (χ1n) is 10.8. The fraction of sp³-hybridized carbons (Fsp3) is 0.296. The van der Waals surface area contributed by atoms with E-state index >= 15 is 0 Å². The Bertz CT molecular complexity index is 999. The van der Waals surface area contributed by atoms with Gasteiger partial charge >= 0.3 is 0 Å². The normalized spacial score (nSPS) is 17.9. The number of hydrogen-bond acceptors (Lipinski definition) is 2. The first-order valence-corrected chi connectivity index (χ1v) is 10.8. The van der Waals surface area contributed by atoms with Gasteiger partial charge in [0.1, 0.15) is 0 Å². The summed E-state index contributed by atoms with van der Waals surface area (Å²) in [5, 5.41) is 0. The zero-order chi connectivity index (χ0) is 20.9. The summed E-state index contributed by atoms with van der Waals surface area (Å²) in [4.78, 5) is 15.1. The molecule has 3 aromatic rings. The van der Waals surface area contributed by atoms with Crippen LogP contribution in [0.25, 0.3) is 0 Å². The summed E-state index contributed by atoms with van der Waals surface area (Å²) in [7, 11) is 0. The van der Waals surface area contributed by atoms with Gasteiger partial charge in [-0.2, -0.15) is 0 Å². The highest BCUT2D eigenvalue weighted by Gasteiger charge is 2.36. The van der Waals surface area contributed by atoms with E-state index < -0.39 is 0 Å². The smallest absolute Gasteiger partial charge is 0.237 e. The molecular formula is C27H30N2O. The Kier molecular flexibility index (Phi) is 6.29. The Balaban J connectivity index is 1.73. The van der Waals surface area contributed by atoms with Crippen molar-refractivity contribution in [3.8, 4) is 0 Å². The van der Waals surface area contributed by atoms with Crippen LogP contribution in [0.2, 0.25) is 0 Å². The molecule has 0 spiro atoms. The lowest BCUT2D eigenvalue weighted by Gasteiger charge is -2.41. The van der Waals surface area contributed by atoms with Gasteiger partial charge < -0.3 is 10.6 Å². The van der Waals surface area contributed by atoms with Gasteiger partial charge in [0.05, 0.1) is 12.6 Å². The fourth-order valence-electron chi connectivity index (χ4n) is 4.82. The van der Waals surface area contributed by atoms with Crippen LogP contribution in [0.5, 0.6) is 0 Å². The van der Waals surface area contributed by atoms with Crippen LogP contribution in [0.1, 0.15) is 40.3 Å². The molecule has 1 amide bonds. The summed E-state index contributed by atoms with van der Waals surface area (Å²) in [5.74, 6) is 0.371. The summed E-state index contributed by atoms with van der Waals surface area (Å²) in [5.41, 5.74) is 12.3. The van der Waals surface area contributed by atoms with E-state index in [9.17, 15) is 4.79 Å². The van der Waals surface area contributed by atoms with Crippen LogP contribution < -0.4 is 5.73 Å². The monoisotopic (exact) mass is 398 g/mol. The summed E-state index contributed by atoms with van der Waals surface area (Å²) in [6, 6.07) is 27.6. The predicted octanol–water partition coefficient (Wildman–Crippen LogP) is 4.83. The zero-order valence-electron chi connectivity index (χ0n) is 17.6. The zero-order valence-corrected chi connectivity index (χ0v) is 17.6. The number of rotatable bonds is 6. The van der Waals surface area contributed by atoms with E-state index in [2.05, 4.69) is 67.6 Å². The maximum atomic E-state index is 13.1. The van der Waals surface area contributed by atoms with Gasteiger partial charge in [-0.1, -0.05) is 84.4 Å². The van der Waals surface area contributed by atoms with Crippen molar-refractivity contribution in [2.24, 2.45) is 11.7 Å². The average Bonchev–Trinajstić information content (AvgIpc) is 2.78. The van der Waals surface area contributed by atoms with Gasteiger partial charge in [-0.25, -0.2) is 0 Å². The molecule has 2 unspecified atom stereocenters. The number of carbonyl (C=O) groups is 1. The number of fused-ring (bicyclic) bond motifs is 1. The first kappa shape index (κ1) is 20.4. The highest BCUT2D eigenvalue weighted by atomic mass is 16.2. The molecule has 0 bridgehead atoms. The number of nitrogens with two attached hydrogens (primary N) is 1. The molecule has 0 saturated carbocycles. The van der Waals surface area contributed by atoms with Gasteiger partial charge in [0.25, 0.3) is 0 Å². The van der Waals surface area contributed by atoms with E-state index in [1.807, 2.05) is 23.1 Å². The van der Waals surface area contributed by atoms with Gasteiger partial charge in [0, 0.05) is 6.54 Å². The van der Waals surface area contributed by atoms with Crippen molar-refractivity contribution in [3.05, 3.63) is 107 Å². The van der Waals surface area contributed by atoms with Gasteiger partial charge in [0.2, 0.25) is 5.91 Å². The van der Waals surface area contributed by atoms with Crippen LogP contribution in [0, 0.1) is 12.8 Å². The van der Waals surface area contributed by atoms with Crippen molar-refractivity contribution in [1.82, 2.24) is 4.90 Å². The van der Waals surface area contributed by atoms with Crippen LogP contribution in [-0.2, 0) is 24.2 Å². The van der Waals surface area contributed by atoms with Crippen molar-refractivity contribution in [3.63, 3.8) is 0 Å². The summed E-state index contributed by atoms with van der Waals surface area (Å²) < 4.78 is 0. The Morgan fingerprint density at radius 2 is 1.70 bits per heavy atom. The van der Waals surface area contributed by atoms with E-state index in [1.54, 1.807) is 0 Å². The second-order valence-corrected chi connectivity index (χ2v) is 8.35. The molecule has 0 fully saturated rings. The lowest BCUT2D eigenvalue weighted by molar-refractivity contribution is -0.134. The summed E-state index contributed by atoms with van der Waals surface area (Å²) in [6.45, 7) is 2.75. The van der Waals surface area contributed by atoms with Crippen molar-refractivity contribution in [2.45, 2.75) is 38.8 Å². The van der Waals surface area contributed by atoms with E-state index in [-0.39, 0.29) is 18.5 Å². The van der Waals surface area contributed by atoms with E-state index in [0.717, 1.165) is 24.8 Å². The molecule has 0 aliphatic heterocycles. The lowest BCUT2D eigenvalue weighted by atomic mass is 9.76. The standard InChI is InChI=1S/C27H30N2O/c1-20-8-7-11-22(16-20)17-24-15-14-23-12-5-6-13-25(23)27(24)29(26(30)18-28)19-21-9-3-2-4-10-21/h2-13,16,24,27H,14-15,17-19,28H2,1H3. The predicted molar refractivity (Wildman–Crippen MR) is 122 cm³/mol. The molecule has 0 radical (unpaired) electrons. The second kappa shape index (κ2) is 9.27. The number of nitrogens with zero attached hydrogens (tertiary/aromatic N) is 1. The Labute approximate surface area is 179 Å². The maximum Gasteiger partial charge on any atom is 0.237 e. The molecule has 3 aromatic carbocycles. The number of amides is 1. The Hall–Kier alpha value is -2.91. The van der Waals surface area contributed by atoms with Gasteiger partial charge in [-0.05, 0) is 54.4 Å². The van der Waals surface area contributed by atoms with Crippen LogP contribution in [0.15, 0.2) is 78.9 Å². The van der Waals surface area contributed by atoms with Crippen LogP contribution in [0.3, 0.4) is 0 Å². The van der Waals surface area contributed by atoms with Crippen molar-refractivity contribution < 1.29 is 4.79 Å². The van der Waals surface area contributed by atoms with E-state index in [1.165, 1.54) is 22.3 Å². The highest BCUT2D eigenvalue weighted by molar-refractivity contribution is 5.78. The number of hydrogen-bond donors (Lipinski definition) is 1. The molecule has 154 valence electrons. The Morgan fingerprint density at radius 1 is 0.967 bits per heavy atom. The average molecular weight is 399 g/mol. The van der Waals surface area contributed by atoms with E-state index in [4.69, 9.17) is 5.73 Å². The molecule has 2 atom stereocenters. The van der Waals surface area contributed by atoms with Crippen molar-refractivity contribution in [2.75, 3.05) is 6.54 Å². The number of benzene rings is 3. The van der Waals surface area contributed by atoms with E-state index in [0.29, 0.717) is 12.5 Å². The molecular weight excluding hydrogens is 368 g/mol. The summed E-state index contributed by atoms with van der Waals surface area (Å²) >= 11 is 0. The third-order valence-corrected chi connectivity index (χ3v) is 6.21. The van der Waals surface area contributed by atoms with Gasteiger partial charge in [0.15, 0.2) is 0 Å². The quantitative estimate of drug-likeness (QED) is 0.646. The maximum absolute atomic E-state index is 13.1. The fourth-order valence-corrected chi connectivity index (χ4v) is 4.82. The highest BCUT2D eigenvalue weighted by Crippen LogP contribution is 2.41. The molecule has 3 heteroatoms. The molecule has 2 N–H and O–H groups in total. The van der Waals surface area contributed by atoms with Crippen LogP contribution >= 0.6 is 0 Å². The SMILES string of the molecule is Cc1cccc(CC2CCc3ccccc3C2N(Cc2ccccc2)C(=O)CN)c1. The second-order valence-electron chi connectivity index (χ2n) is 8.35. The topological polar surface area (TPSA) is 46.3 Å². The molecule has 1 aliphatic rings. The van der Waals surface area contributed by atoms with Crippen molar-refractivity contribution >= 4 is 5.91 Å². The van der Waals surface area contributed by atoms with Crippen LogP contribution in [0.4, 0.5) is 0 Å².